The van der Waals surface area contributed by atoms with Crippen LogP contribution in [0.1, 0.15) is 5.76 Å². The third-order valence-corrected chi connectivity index (χ3v) is 2.38. The number of carbonyl (C=O) groups is 3. The third-order valence-electron chi connectivity index (χ3n) is 2.38. The highest BCUT2D eigenvalue weighted by atomic mass is 19.1. The van der Waals surface area contributed by atoms with E-state index in [0.29, 0.717) is 0 Å². The van der Waals surface area contributed by atoms with E-state index in [4.69, 9.17) is 9.52 Å². The zero-order chi connectivity index (χ0) is 14.8. The maximum atomic E-state index is 14.1. The van der Waals surface area contributed by atoms with Gasteiger partial charge in [0.1, 0.15) is 12.0 Å². The molecule has 106 valence electrons. The van der Waals surface area contributed by atoms with E-state index in [9.17, 15) is 18.8 Å². The van der Waals surface area contributed by atoms with Crippen molar-refractivity contribution in [2.45, 2.75) is 11.9 Å². The van der Waals surface area contributed by atoms with Crippen LogP contribution in [0.4, 0.5) is 9.18 Å². The molecule has 2 rings (SSSR count). The van der Waals surface area contributed by atoms with Crippen molar-refractivity contribution in [3.05, 3.63) is 24.2 Å². The Labute approximate surface area is 110 Å². The summed E-state index contributed by atoms with van der Waals surface area (Å²) in [6.45, 7) is 0. The SMILES string of the molecule is O=C1NC(=O)C(F)(C(=O)O)C(ON=Cc2ccco2)N1. The van der Waals surface area contributed by atoms with Gasteiger partial charge in [0.2, 0.25) is 0 Å². The molecule has 9 nitrogen and oxygen atoms in total. The van der Waals surface area contributed by atoms with Gasteiger partial charge in [0, 0.05) is 0 Å². The van der Waals surface area contributed by atoms with Gasteiger partial charge in [0.15, 0.2) is 0 Å². The van der Waals surface area contributed by atoms with E-state index in [1.165, 1.54) is 17.6 Å². The number of carboxylic acids is 1. The molecule has 1 fully saturated rings. The fourth-order valence-electron chi connectivity index (χ4n) is 1.38. The molecule has 1 saturated heterocycles. The average molecular weight is 285 g/mol. The zero-order valence-corrected chi connectivity index (χ0v) is 9.70. The number of rotatable bonds is 4. The number of urea groups is 1. The highest BCUT2D eigenvalue weighted by molar-refractivity contribution is 6.13. The number of halogens is 1. The molecule has 2 atom stereocenters. The quantitative estimate of drug-likeness (QED) is 0.391. The molecular formula is C10H8FN3O6. The van der Waals surface area contributed by atoms with Crippen LogP contribution in [-0.2, 0) is 14.4 Å². The van der Waals surface area contributed by atoms with Crippen LogP contribution in [0.25, 0.3) is 0 Å². The number of alkyl halides is 1. The van der Waals surface area contributed by atoms with Gasteiger partial charge in [-0.2, -0.15) is 0 Å². The molecule has 1 aromatic heterocycles. The molecule has 2 unspecified atom stereocenters. The Balaban J connectivity index is 2.15. The molecule has 0 bridgehead atoms. The maximum Gasteiger partial charge on any atom is 0.357 e. The second-order valence-corrected chi connectivity index (χ2v) is 3.68. The van der Waals surface area contributed by atoms with Gasteiger partial charge in [-0.1, -0.05) is 5.16 Å². The highest BCUT2D eigenvalue weighted by Gasteiger charge is 2.60. The minimum absolute atomic E-state index is 0.247. The van der Waals surface area contributed by atoms with Gasteiger partial charge in [0.25, 0.3) is 12.1 Å². The number of nitrogens with zero attached hydrogens (tertiary/aromatic N) is 1. The molecule has 1 aliphatic heterocycles. The number of hydrogen-bond acceptors (Lipinski definition) is 6. The Bertz CT molecular complexity index is 572. The summed E-state index contributed by atoms with van der Waals surface area (Å²) in [6, 6.07) is 1.95. The van der Waals surface area contributed by atoms with Crippen LogP contribution >= 0.6 is 0 Å². The van der Waals surface area contributed by atoms with Crippen molar-refractivity contribution in [3.63, 3.8) is 0 Å². The monoisotopic (exact) mass is 285 g/mol. The Morgan fingerprint density at radius 1 is 1.60 bits per heavy atom. The summed E-state index contributed by atoms with van der Waals surface area (Å²) in [5.41, 5.74) is -3.49. The first-order chi connectivity index (χ1) is 9.44. The van der Waals surface area contributed by atoms with Gasteiger partial charge in [-0.15, -0.1) is 0 Å². The van der Waals surface area contributed by atoms with E-state index in [2.05, 4.69) is 9.99 Å². The minimum Gasteiger partial charge on any atom is -0.478 e. The molecule has 20 heavy (non-hydrogen) atoms. The summed E-state index contributed by atoms with van der Waals surface area (Å²) >= 11 is 0. The Kier molecular flexibility index (Phi) is 3.37. The van der Waals surface area contributed by atoms with Crippen LogP contribution < -0.4 is 10.6 Å². The topological polar surface area (TPSA) is 130 Å². The van der Waals surface area contributed by atoms with E-state index in [1.807, 2.05) is 0 Å². The van der Waals surface area contributed by atoms with Crippen molar-refractivity contribution in [1.82, 2.24) is 10.6 Å². The van der Waals surface area contributed by atoms with Crippen molar-refractivity contribution in [3.8, 4) is 0 Å². The molecule has 10 heteroatoms. The van der Waals surface area contributed by atoms with Crippen LogP contribution in [0.5, 0.6) is 0 Å². The lowest BCUT2D eigenvalue weighted by molar-refractivity contribution is -0.174. The van der Waals surface area contributed by atoms with Crippen LogP contribution in [0.15, 0.2) is 28.0 Å². The van der Waals surface area contributed by atoms with Crippen molar-refractivity contribution in [2.75, 3.05) is 0 Å². The molecule has 0 radical (unpaired) electrons. The number of carbonyl (C=O) groups excluding carboxylic acids is 2. The fraction of sp³-hybridized carbons (Fsp3) is 0.200. The van der Waals surface area contributed by atoms with Gasteiger partial charge in [-0.25, -0.2) is 14.0 Å². The smallest absolute Gasteiger partial charge is 0.357 e. The van der Waals surface area contributed by atoms with Gasteiger partial charge in [-0.05, 0) is 12.1 Å². The standard InChI is InChI=1S/C10H8FN3O6/c11-10(8(16)17)6(15)13-9(18)14-7(10)20-12-4-5-2-1-3-19-5/h1-4,7H,(H,16,17)(H2,13,14,15,18). The van der Waals surface area contributed by atoms with Gasteiger partial charge in [0.05, 0.1) is 6.26 Å². The molecule has 1 aliphatic rings. The van der Waals surface area contributed by atoms with Crippen molar-refractivity contribution in [1.29, 1.82) is 0 Å². The molecule has 3 amide bonds. The lowest BCUT2D eigenvalue weighted by Gasteiger charge is -2.31. The average Bonchev–Trinajstić information content (AvgIpc) is 2.87. The molecule has 0 spiro atoms. The molecule has 2 heterocycles. The number of imide groups is 1. The van der Waals surface area contributed by atoms with Gasteiger partial charge < -0.3 is 14.4 Å². The van der Waals surface area contributed by atoms with Crippen molar-refractivity contribution >= 4 is 24.1 Å². The van der Waals surface area contributed by atoms with E-state index in [0.717, 1.165) is 6.21 Å². The summed E-state index contributed by atoms with van der Waals surface area (Å²) in [5, 5.41) is 15.3. The number of oxime groups is 1. The number of amides is 3. The maximum absolute atomic E-state index is 14.1. The largest absolute Gasteiger partial charge is 0.478 e. The van der Waals surface area contributed by atoms with Crippen molar-refractivity contribution < 1.29 is 33.1 Å². The minimum atomic E-state index is -3.49. The predicted molar refractivity (Wildman–Crippen MR) is 59.3 cm³/mol. The normalized spacial score (nSPS) is 26.1. The summed E-state index contributed by atoms with van der Waals surface area (Å²) in [7, 11) is 0. The van der Waals surface area contributed by atoms with Crippen LogP contribution in [0.3, 0.4) is 0 Å². The number of aliphatic carboxylic acids is 1. The number of carboxylic acid groups (broad SMARTS) is 1. The molecule has 0 aliphatic carbocycles. The fourth-order valence-corrected chi connectivity index (χ4v) is 1.38. The summed E-state index contributed by atoms with van der Waals surface area (Å²) in [6.07, 6.45) is 0.252. The second-order valence-electron chi connectivity index (χ2n) is 3.68. The zero-order valence-electron chi connectivity index (χ0n) is 9.70. The molecule has 3 N–H and O–H groups in total. The molecule has 1 aromatic rings. The van der Waals surface area contributed by atoms with E-state index < -0.39 is 29.8 Å². The number of hydrogen-bond donors (Lipinski definition) is 3. The van der Waals surface area contributed by atoms with Crippen molar-refractivity contribution in [2.24, 2.45) is 5.16 Å². The molecular weight excluding hydrogens is 277 g/mol. The first-order valence-electron chi connectivity index (χ1n) is 5.21. The number of furan rings is 1. The second kappa shape index (κ2) is 4.99. The molecule has 0 aromatic carbocycles. The van der Waals surface area contributed by atoms with E-state index in [-0.39, 0.29) is 5.76 Å². The van der Waals surface area contributed by atoms with Crippen LogP contribution in [-0.4, -0.2) is 41.1 Å². The first kappa shape index (κ1) is 13.5. The summed E-state index contributed by atoms with van der Waals surface area (Å²) < 4.78 is 19.0. The third kappa shape index (κ3) is 2.30. The number of nitrogens with one attached hydrogen (secondary N) is 2. The lowest BCUT2D eigenvalue weighted by Crippen LogP contribution is -2.70. The summed E-state index contributed by atoms with van der Waals surface area (Å²) in [4.78, 5) is 37.7. The molecule has 0 saturated carbocycles. The van der Waals surface area contributed by atoms with E-state index >= 15 is 0 Å². The van der Waals surface area contributed by atoms with Gasteiger partial charge in [-0.3, -0.25) is 15.4 Å². The highest BCUT2D eigenvalue weighted by Crippen LogP contribution is 2.21. The Morgan fingerprint density at radius 3 is 2.95 bits per heavy atom. The first-order valence-corrected chi connectivity index (χ1v) is 5.21. The van der Waals surface area contributed by atoms with Crippen LogP contribution in [0, 0.1) is 0 Å². The lowest BCUT2D eigenvalue weighted by atomic mass is 10.0. The Hall–Kier alpha value is -2.91. The summed E-state index contributed by atoms with van der Waals surface area (Å²) in [5.74, 6) is -3.52. The predicted octanol–water partition coefficient (Wildman–Crippen LogP) is -0.412. The Morgan fingerprint density at radius 2 is 2.35 bits per heavy atom. The van der Waals surface area contributed by atoms with Crippen LogP contribution in [0.2, 0.25) is 0 Å². The van der Waals surface area contributed by atoms with E-state index in [1.54, 1.807) is 11.4 Å². The van der Waals surface area contributed by atoms with Gasteiger partial charge >= 0.3 is 17.7 Å².